The fourth-order valence-electron chi connectivity index (χ4n) is 27.6. The topological polar surface area (TPSA) is 458 Å². The van der Waals surface area contributed by atoms with E-state index in [1.165, 1.54) is 67.2 Å². The van der Waals surface area contributed by atoms with Crippen molar-refractivity contribution in [1.82, 2.24) is 25.4 Å². The molecule has 19 rings (SSSR count). The number of nitrogens with zero attached hydrogens (tertiary/aromatic N) is 3. The molecule has 2 amide bonds. The molecule has 35 heteroatoms. The van der Waals surface area contributed by atoms with E-state index in [1.54, 1.807) is 127 Å². The number of likely N-dealkylation sites (N-methyl/N-ethyl adjacent to an activating group) is 1. The molecule has 798 valence electrons. The van der Waals surface area contributed by atoms with Crippen LogP contribution in [0.15, 0.2) is 180 Å². The molecule has 7 heterocycles. The third-order valence-corrected chi connectivity index (χ3v) is 34.2. The number of para-hydroxylation sites is 1. The predicted molar refractivity (Wildman–Crippen MR) is 547 cm³/mol. The summed E-state index contributed by atoms with van der Waals surface area (Å²) in [6, 6.07) is 40.5. The minimum absolute atomic E-state index is 0.00289. The van der Waals surface area contributed by atoms with Crippen molar-refractivity contribution in [2.45, 2.75) is 234 Å². The van der Waals surface area contributed by atoms with E-state index in [4.69, 9.17) is 61.6 Å². The second-order valence-corrected chi connectivity index (χ2v) is 42.3. The van der Waals surface area contributed by atoms with Gasteiger partial charge in [-0.05, 0) is 177 Å². The number of amides is 2. The summed E-state index contributed by atoms with van der Waals surface area (Å²) in [7, 11) is 12.3. The molecule has 35 nitrogen and oxygen atoms in total. The molecule has 22 atom stereocenters. The van der Waals surface area contributed by atoms with Crippen LogP contribution in [0.2, 0.25) is 0 Å². The zero-order valence-corrected chi connectivity index (χ0v) is 87.8. The minimum Gasteiger partial charge on any atom is -0.496 e. The van der Waals surface area contributed by atoms with E-state index in [2.05, 4.69) is 49.7 Å². The molecule has 11 aliphatic rings. The van der Waals surface area contributed by atoms with Gasteiger partial charge in [-0.2, -0.15) is 0 Å². The first-order valence-corrected chi connectivity index (χ1v) is 50.9. The third-order valence-electron chi connectivity index (χ3n) is 34.2. The molecular formula is C115H134N6O29. The quantitative estimate of drug-likeness (QED) is 0.0177. The van der Waals surface area contributed by atoms with Crippen LogP contribution in [0.1, 0.15) is 192 Å². The maximum Gasteiger partial charge on any atom is 0.344 e. The van der Waals surface area contributed by atoms with Crippen molar-refractivity contribution < 1.29 is 135 Å². The summed E-state index contributed by atoms with van der Waals surface area (Å²) in [6.45, 7) is 18.1. The number of ether oxygens (including phenoxy) is 13. The number of nitrogens with one attached hydrogen (secondary N) is 3. The number of piperidine rings is 1. The number of anilines is 1. The molecule has 6 fully saturated rings. The van der Waals surface area contributed by atoms with Crippen LogP contribution < -0.4 is 44.6 Å². The first kappa shape index (κ1) is 108. The van der Waals surface area contributed by atoms with E-state index < -0.39 is 170 Å². The summed E-state index contributed by atoms with van der Waals surface area (Å²) in [6.07, 6.45) is -3.30. The van der Waals surface area contributed by atoms with Crippen LogP contribution in [0, 0.1) is 28.1 Å². The van der Waals surface area contributed by atoms with Crippen LogP contribution >= 0.6 is 0 Å². The molecule has 4 bridgehead atoms. The number of aromatic amines is 1. The summed E-state index contributed by atoms with van der Waals surface area (Å²) < 4.78 is 76.2. The van der Waals surface area contributed by atoms with Crippen LogP contribution in [0.25, 0.3) is 22.0 Å². The number of hydrogen-bond acceptors (Lipinski definition) is 32. The van der Waals surface area contributed by atoms with E-state index in [1.807, 2.05) is 62.2 Å². The van der Waals surface area contributed by atoms with Gasteiger partial charge in [-0.3, -0.25) is 48.2 Å². The number of methoxy groups -OCH3 is 7. The van der Waals surface area contributed by atoms with Gasteiger partial charge in [0.2, 0.25) is 22.7 Å². The van der Waals surface area contributed by atoms with Gasteiger partial charge in [-0.1, -0.05) is 131 Å². The highest BCUT2D eigenvalue weighted by Gasteiger charge is 2.82. The van der Waals surface area contributed by atoms with Crippen LogP contribution in [0.5, 0.6) is 28.7 Å². The number of rotatable bonds is 22. The zero-order valence-electron chi connectivity index (χ0n) is 87.8. The number of hydrogen-bond donors (Lipinski definition) is 8. The van der Waals surface area contributed by atoms with E-state index in [-0.39, 0.29) is 70.4 Å². The summed E-state index contributed by atoms with van der Waals surface area (Å²) in [5.41, 5.74) is -5.63. The Bertz CT molecular complexity index is 6750. The standard InChI is InChI=1S/C47H51NO14.C46H58N4O9.C22H25NO6/c1-25-31(60-43(56)36(52)35(28-16-10-7-11-17-28)48-41(54)29-18-12-8-13-19-29)23-47(57)40(61-42(55)30-20-14-9-15-21-30)38-45(6,32(51)22-33-46(38,24-58-33)62-27(3)50)39(53)37(59-26(2)49)34(25)44(47,4)5;1-8-42(54)23-28-24-45(40(52)57-6,36-30(15-19-49(25-28)26-42)29-13-10-11-14-33(29)47-36)32-21-31-34(22-35(32)56-5)48(4)38-44(31)17-20-50-18-12-16-43(9-2,37(44)50)39(59-27(3)51)46(38,55)41(53)58-7;1-12(24)23-16-8-6-13-10-19(27-3)21(28-4)22(29-5)20(13)14-7-9-18(26-2)17(25)11-15(14)16/h7-21,31-33,35-38,40,51-52,57H,22-24H2,1-6H3,(H,48,54);10-14,16,21-22,28,37-39,47,54-55H,8-9,15,17-20,23-26H2,1-7H3;7,9-11,16H,6,8H2,1-5H3,(H,23,24)/t31-,32-,33+,35-,36+,37+,38-,40-,45+,46-,47+;28-,37-,38+,39+,42-,43+,44+,45-,46-;16-/m000/s1. The number of H-pyrrole nitrogens is 1. The van der Waals surface area contributed by atoms with Crippen LogP contribution in [-0.4, -0.2) is 273 Å². The minimum atomic E-state index is -2.39. The van der Waals surface area contributed by atoms with Gasteiger partial charge in [0, 0.05) is 141 Å². The number of aryl methyl sites for hydroxylation is 1. The molecule has 8 N–H and O–H groups in total. The van der Waals surface area contributed by atoms with Gasteiger partial charge < -0.3 is 108 Å². The lowest BCUT2D eigenvalue weighted by atomic mass is 9.44. The number of esters is 7. The van der Waals surface area contributed by atoms with Crippen molar-refractivity contribution in [1.29, 1.82) is 0 Å². The van der Waals surface area contributed by atoms with Gasteiger partial charge in [0.15, 0.2) is 46.9 Å². The first-order chi connectivity index (χ1) is 71.4. The van der Waals surface area contributed by atoms with Crippen molar-refractivity contribution in [3.05, 3.63) is 235 Å². The second kappa shape index (κ2) is 41.4. The highest BCUT2D eigenvalue weighted by Crippen LogP contribution is 2.70. The number of aromatic nitrogens is 1. The average molecular weight is 2060 g/mol. The average Bonchev–Trinajstić information content (AvgIpc) is 1.48. The zero-order chi connectivity index (χ0) is 108. The summed E-state index contributed by atoms with van der Waals surface area (Å²) >= 11 is 0. The third kappa shape index (κ3) is 17.6. The lowest BCUT2D eigenvalue weighted by Gasteiger charge is -2.67. The SMILES string of the molecule is CC(=O)O[C@H]1C(=O)[C@@]2(C)[C@H]([C@H](OC(=O)c3ccccc3)[C@]3(O)C[C@H](OC(=O)[C@H](O)[C@@H](NC(=O)c4ccccc4)c4ccccc4)C(C)=C1C3(C)C)[C@]1(OC(C)=O)CO[C@@H]1C[C@@H]2O.CC[C@]1(O)C[C@@H]2CN(CCc3c([nH]c4ccccc34)[C@@](C(=O)OC)(c3cc4c(cc3OC)N(C)[C@H]3[C@@](O)(C(=O)OC)[C@H](OC(C)=O)[C@]5(CC)C=CCN6CC[C@]43[C@@H]65)C2)C1.COc1cc2c(c(OC)c1OC)-c1ccc(OC)c(=O)cc1[C@@H](NC(C)=O)CC2. The summed E-state index contributed by atoms with van der Waals surface area (Å²) in [5.74, 6) is -6.80. The van der Waals surface area contributed by atoms with Crippen molar-refractivity contribution in [3.63, 3.8) is 0 Å². The molecule has 3 saturated heterocycles. The van der Waals surface area contributed by atoms with Gasteiger partial charge in [0.05, 0.1) is 103 Å². The van der Waals surface area contributed by atoms with Crippen LogP contribution in [0.3, 0.4) is 0 Å². The molecule has 1 aromatic heterocycles. The summed E-state index contributed by atoms with van der Waals surface area (Å²) in [5, 5.41) is 69.5. The van der Waals surface area contributed by atoms with Gasteiger partial charge in [-0.25, -0.2) is 14.4 Å². The lowest BCUT2D eigenvalue weighted by molar-refractivity contribution is -0.346. The Labute approximate surface area is 869 Å². The Hall–Kier alpha value is -13.4. The van der Waals surface area contributed by atoms with Gasteiger partial charge in [0.1, 0.15) is 35.1 Å². The van der Waals surface area contributed by atoms with Gasteiger partial charge in [-0.15, -0.1) is 0 Å². The molecular weight excluding hydrogens is 1930 g/mol. The largest absolute Gasteiger partial charge is 0.496 e. The Morgan fingerprint density at radius 2 is 1.31 bits per heavy atom. The molecule has 1 unspecified atom stereocenters. The van der Waals surface area contributed by atoms with E-state index in [0.29, 0.717) is 124 Å². The Balaban J connectivity index is 0.000000163. The second-order valence-electron chi connectivity index (χ2n) is 42.3. The number of carbonyl (C=O) groups excluding carboxylic acids is 10. The molecule has 150 heavy (non-hydrogen) atoms. The monoisotopic (exact) mass is 2060 g/mol. The maximum absolute atomic E-state index is 15.5. The Kier molecular flexibility index (Phi) is 29.8. The molecule has 7 aromatic carbocycles. The molecule has 8 aromatic rings. The number of aliphatic hydroxyl groups excluding tert-OH is 2. The predicted octanol–water partition coefficient (Wildman–Crippen LogP) is 10.6. The van der Waals surface area contributed by atoms with E-state index >= 15 is 9.59 Å². The van der Waals surface area contributed by atoms with E-state index in [0.717, 1.165) is 63.9 Å². The highest BCUT2D eigenvalue weighted by molar-refractivity contribution is 5.99. The molecule has 3 saturated carbocycles. The maximum atomic E-state index is 15.5. The lowest BCUT2D eigenvalue weighted by Crippen LogP contribution is -2.82. The van der Waals surface area contributed by atoms with E-state index in [9.17, 15) is 68.7 Å². The number of aliphatic hydroxyl groups is 5. The number of fused-ring (bicyclic) bond motifs is 14. The van der Waals surface area contributed by atoms with Crippen LogP contribution in [-0.2, 0) is 99.9 Å². The van der Waals surface area contributed by atoms with Crippen LogP contribution in [0.4, 0.5) is 5.69 Å². The number of ketones is 1. The Morgan fingerprint density at radius 3 is 1.93 bits per heavy atom. The van der Waals surface area contributed by atoms with Crippen molar-refractivity contribution in [3.8, 4) is 39.9 Å². The van der Waals surface area contributed by atoms with Crippen molar-refractivity contribution in [2.75, 3.05) is 101 Å². The first-order valence-electron chi connectivity index (χ1n) is 50.9. The summed E-state index contributed by atoms with van der Waals surface area (Å²) in [4.78, 5) is 161. The van der Waals surface area contributed by atoms with Gasteiger partial charge in [0.25, 0.3) is 5.91 Å². The smallest absolute Gasteiger partial charge is 0.344 e. The normalized spacial score (nSPS) is 30.6. The number of Topliss-reactive ketones (excluding diaryl/α,β-unsaturated/α-hetero) is 1. The highest BCUT2D eigenvalue weighted by atomic mass is 16.6. The van der Waals surface area contributed by atoms with Crippen molar-refractivity contribution >= 4 is 76.0 Å². The molecule has 6 aliphatic heterocycles. The van der Waals surface area contributed by atoms with Crippen molar-refractivity contribution in [2.24, 2.45) is 28.1 Å². The fourth-order valence-corrected chi connectivity index (χ4v) is 27.6. The number of carbonyl (C=O) groups is 10. The van der Waals surface area contributed by atoms with Gasteiger partial charge >= 0.3 is 41.8 Å². The molecule has 5 aliphatic carbocycles. The Morgan fingerprint density at radius 1 is 0.660 bits per heavy atom. The molecule has 1 spiro atoms. The fraction of sp³-hybridized carbons (Fsp3) is 0.487. The molecule has 0 radical (unpaired) electrons. The number of benzene rings is 6.